The highest BCUT2D eigenvalue weighted by Gasteiger charge is 2.17. The third-order valence-electron chi connectivity index (χ3n) is 2.57. The van der Waals surface area contributed by atoms with Crippen molar-refractivity contribution in [1.29, 1.82) is 0 Å². The number of anilines is 2. The molecule has 7 nitrogen and oxygen atoms in total. The second-order valence-electron chi connectivity index (χ2n) is 3.68. The molecule has 2 heterocycles. The molecule has 0 amide bonds. The summed E-state index contributed by atoms with van der Waals surface area (Å²) in [5.41, 5.74) is 3.83. The number of aromatic hydroxyl groups is 1. The molecule has 1 aromatic heterocycles. The molecule has 2 aromatic rings. The van der Waals surface area contributed by atoms with Crippen LogP contribution in [0.4, 0.5) is 17.3 Å². The molecule has 0 unspecified atom stereocenters. The maximum atomic E-state index is 9.42. The van der Waals surface area contributed by atoms with Gasteiger partial charge in [-0.15, -0.1) is 0 Å². The van der Waals surface area contributed by atoms with Gasteiger partial charge in [0.15, 0.2) is 11.6 Å². The third-order valence-corrected chi connectivity index (χ3v) is 2.57. The van der Waals surface area contributed by atoms with Gasteiger partial charge < -0.3 is 14.8 Å². The van der Waals surface area contributed by atoms with E-state index in [1.54, 1.807) is 36.9 Å². The second-order valence-corrected chi connectivity index (χ2v) is 3.68. The first-order chi connectivity index (χ1) is 8.78. The number of hydrazine groups is 1. The fraction of sp³-hybridized carbons (Fsp3) is 0.0909. The zero-order valence-electron chi connectivity index (χ0n) is 9.58. The lowest BCUT2D eigenvalue weighted by Crippen LogP contribution is -2.30. The normalized spacial score (nSPS) is 13.1. The highest BCUT2D eigenvalue weighted by Crippen LogP contribution is 2.33. The third kappa shape index (κ3) is 1.61. The number of phenolic OH excluding ortho intramolecular Hbond substituents is 1. The molecule has 3 N–H and O–H groups in total. The van der Waals surface area contributed by atoms with Gasteiger partial charge in [-0.1, -0.05) is 0 Å². The molecule has 92 valence electrons. The molecule has 0 bridgehead atoms. The van der Waals surface area contributed by atoms with Crippen LogP contribution in [0.5, 0.6) is 11.5 Å². The Labute approximate surface area is 103 Å². The van der Waals surface area contributed by atoms with Gasteiger partial charge in [-0.3, -0.25) is 5.43 Å². The van der Waals surface area contributed by atoms with Gasteiger partial charge in [-0.25, -0.2) is 15.0 Å². The summed E-state index contributed by atoms with van der Waals surface area (Å²) in [5, 5.41) is 11.1. The lowest BCUT2D eigenvalue weighted by Gasteiger charge is -2.25. The number of hydrogen-bond acceptors (Lipinski definition) is 6. The van der Waals surface area contributed by atoms with Crippen LogP contribution in [0.25, 0.3) is 0 Å². The Bertz CT molecular complexity index is 607. The number of fused-ring (bicyclic) bond motifs is 1. The number of hydrogen-bond donors (Lipinski definition) is 3. The minimum atomic E-state index is 0.145. The van der Waals surface area contributed by atoms with Gasteiger partial charge in [0.05, 0.1) is 13.4 Å². The van der Waals surface area contributed by atoms with E-state index in [0.29, 0.717) is 17.4 Å². The van der Waals surface area contributed by atoms with Crippen molar-refractivity contribution in [2.75, 3.05) is 17.5 Å². The Morgan fingerprint density at radius 2 is 2.28 bits per heavy atom. The van der Waals surface area contributed by atoms with Crippen molar-refractivity contribution in [3.05, 3.63) is 24.5 Å². The fourth-order valence-corrected chi connectivity index (χ4v) is 1.72. The van der Waals surface area contributed by atoms with E-state index in [1.807, 2.05) is 0 Å². The number of imidazole rings is 1. The monoisotopic (exact) mass is 245 g/mol. The summed E-state index contributed by atoms with van der Waals surface area (Å²) in [6.07, 6.45) is 3.16. The molecule has 0 atom stereocenters. The largest absolute Gasteiger partial charge is 0.508 e. The Morgan fingerprint density at radius 3 is 3.11 bits per heavy atom. The predicted octanol–water partition coefficient (Wildman–Crippen LogP) is 1.63. The van der Waals surface area contributed by atoms with Crippen molar-refractivity contribution in [2.45, 2.75) is 0 Å². The zero-order chi connectivity index (χ0) is 12.5. The molecule has 0 saturated carbocycles. The van der Waals surface area contributed by atoms with Crippen molar-refractivity contribution in [1.82, 2.24) is 9.97 Å². The molecular formula is C11H11N5O2. The first-order valence-electron chi connectivity index (χ1n) is 5.28. The van der Waals surface area contributed by atoms with Crippen LogP contribution < -0.4 is 15.2 Å². The van der Waals surface area contributed by atoms with E-state index >= 15 is 0 Å². The first-order valence-corrected chi connectivity index (χ1v) is 5.28. The number of aromatic amines is 1. The van der Waals surface area contributed by atoms with Crippen LogP contribution in [0.15, 0.2) is 29.5 Å². The molecule has 0 fully saturated rings. The average Bonchev–Trinajstić information content (AvgIpc) is 2.85. The summed E-state index contributed by atoms with van der Waals surface area (Å²) in [7, 11) is 1.54. The highest BCUT2D eigenvalue weighted by atomic mass is 16.5. The van der Waals surface area contributed by atoms with Crippen molar-refractivity contribution in [3.63, 3.8) is 0 Å². The van der Waals surface area contributed by atoms with Crippen LogP contribution in [0.2, 0.25) is 0 Å². The Morgan fingerprint density at radius 1 is 1.39 bits per heavy atom. The Hall–Kier alpha value is -2.70. The molecule has 1 aromatic carbocycles. The molecule has 0 aliphatic carbocycles. The topological polar surface area (TPSA) is 85.8 Å². The van der Waals surface area contributed by atoms with E-state index < -0.39 is 0 Å². The fourth-order valence-electron chi connectivity index (χ4n) is 1.72. The van der Waals surface area contributed by atoms with Crippen molar-refractivity contribution >= 4 is 23.7 Å². The van der Waals surface area contributed by atoms with Gasteiger partial charge in [-0.2, -0.15) is 0 Å². The number of aliphatic imine (C=N–C) groups is 1. The van der Waals surface area contributed by atoms with Crippen LogP contribution in [0.3, 0.4) is 0 Å². The molecule has 0 radical (unpaired) electrons. The molecule has 18 heavy (non-hydrogen) atoms. The van der Waals surface area contributed by atoms with Crippen LogP contribution in [-0.2, 0) is 0 Å². The number of H-pyrrole nitrogens is 1. The van der Waals surface area contributed by atoms with E-state index in [2.05, 4.69) is 20.4 Å². The number of benzene rings is 1. The van der Waals surface area contributed by atoms with Crippen LogP contribution in [0, 0.1) is 0 Å². The van der Waals surface area contributed by atoms with E-state index in [9.17, 15) is 5.11 Å². The molecule has 0 spiro atoms. The smallest absolute Gasteiger partial charge is 0.198 e. The van der Waals surface area contributed by atoms with E-state index in [-0.39, 0.29) is 5.75 Å². The predicted molar refractivity (Wildman–Crippen MR) is 67.5 cm³/mol. The average molecular weight is 245 g/mol. The lowest BCUT2D eigenvalue weighted by atomic mass is 10.2. The number of phenols is 1. The molecule has 0 saturated heterocycles. The number of methoxy groups -OCH3 is 1. The van der Waals surface area contributed by atoms with Gasteiger partial charge in [0.25, 0.3) is 0 Å². The van der Waals surface area contributed by atoms with Crippen molar-refractivity contribution in [3.8, 4) is 11.5 Å². The molecule has 1 aliphatic heterocycles. The summed E-state index contributed by atoms with van der Waals surface area (Å²) < 4.78 is 5.22. The number of nitrogens with one attached hydrogen (secondary N) is 2. The van der Waals surface area contributed by atoms with E-state index in [4.69, 9.17) is 4.74 Å². The Balaban J connectivity index is 1.97. The number of rotatable bonds is 2. The number of nitrogens with zero attached hydrogens (tertiary/aromatic N) is 3. The van der Waals surface area contributed by atoms with E-state index in [1.165, 1.54) is 6.07 Å². The summed E-state index contributed by atoms with van der Waals surface area (Å²) in [6, 6.07) is 4.84. The van der Waals surface area contributed by atoms with Gasteiger partial charge in [0.2, 0.25) is 0 Å². The quantitative estimate of drug-likeness (QED) is 0.748. The van der Waals surface area contributed by atoms with Crippen molar-refractivity contribution in [2.24, 2.45) is 4.99 Å². The van der Waals surface area contributed by atoms with Gasteiger partial charge in [0.1, 0.15) is 23.5 Å². The minimum absolute atomic E-state index is 0.145. The molecule has 3 rings (SSSR count). The summed E-state index contributed by atoms with van der Waals surface area (Å²) in [5.74, 6) is 1.99. The maximum Gasteiger partial charge on any atom is 0.198 e. The Kier molecular flexibility index (Phi) is 2.30. The van der Waals surface area contributed by atoms with Crippen LogP contribution in [0.1, 0.15) is 0 Å². The van der Waals surface area contributed by atoms with E-state index in [0.717, 1.165) is 5.69 Å². The minimum Gasteiger partial charge on any atom is -0.508 e. The summed E-state index contributed by atoms with van der Waals surface area (Å²) in [6.45, 7) is 0. The SMILES string of the molecule is COc1cc(O)ccc1N1C=Nc2nc[nH]c2N1. The summed E-state index contributed by atoms with van der Waals surface area (Å²) in [4.78, 5) is 11.2. The van der Waals surface area contributed by atoms with Crippen LogP contribution in [-0.4, -0.2) is 28.5 Å². The number of ether oxygens (including phenoxy) is 1. The van der Waals surface area contributed by atoms with Crippen LogP contribution >= 0.6 is 0 Å². The lowest BCUT2D eigenvalue weighted by molar-refractivity contribution is 0.408. The summed E-state index contributed by atoms with van der Waals surface area (Å²) >= 11 is 0. The van der Waals surface area contributed by atoms with Gasteiger partial charge in [-0.05, 0) is 12.1 Å². The molecule has 1 aliphatic rings. The number of aromatic nitrogens is 2. The zero-order valence-corrected chi connectivity index (χ0v) is 9.58. The first kappa shape index (κ1) is 10.5. The highest BCUT2D eigenvalue weighted by molar-refractivity contribution is 5.90. The standard InChI is InChI=1S/C11H11N5O2/c1-18-9-4-7(17)2-3-8(9)16-6-14-10-11(15-16)13-5-12-10/h2-6,15,17H,1H3,(H,12,13). The van der Waals surface area contributed by atoms with Gasteiger partial charge >= 0.3 is 0 Å². The van der Waals surface area contributed by atoms with Crippen molar-refractivity contribution < 1.29 is 9.84 Å². The molecule has 7 heteroatoms. The second kappa shape index (κ2) is 3.95. The molecular weight excluding hydrogens is 234 g/mol. The van der Waals surface area contributed by atoms with Gasteiger partial charge in [0, 0.05) is 6.07 Å². The maximum absolute atomic E-state index is 9.42.